The van der Waals surface area contributed by atoms with E-state index >= 15 is 0 Å². The van der Waals surface area contributed by atoms with Crippen LogP contribution in [0.3, 0.4) is 0 Å². The van der Waals surface area contributed by atoms with Gasteiger partial charge in [0.25, 0.3) is 0 Å². The van der Waals surface area contributed by atoms with E-state index in [4.69, 9.17) is 5.73 Å². The first-order valence-corrected chi connectivity index (χ1v) is 6.38. The van der Waals surface area contributed by atoms with Crippen LogP contribution in [0.5, 0.6) is 0 Å². The number of hydrogen-bond acceptors (Lipinski definition) is 3. The minimum absolute atomic E-state index is 0.161. The van der Waals surface area contributed by atoms with Crippen molar-refractivity contribution in [1.82, 2.24) is 4.98 Å². The normalized spacial score (nSPS) is 14.7. The lowest BCUT2D eigenvalue weighted by Gasteiger charge is -2.22. The molecule has 0 saturated heterocycles. The van der Waals surface area contributed by atoms with Gasteiger partial charge in [0, 0.05) is 24.9 Å². The Bertz CT molecular complexity index is 570. The Labute approximate surface area is 120 Å². The lowest BCUT2D eigenvalue weighted by Crippen LogP contribution is -2.20. The lowest BCUT2D eigenvalue weighted by atomic mass is 9.90. The standard InChI is InChI=1S/C15H15F3N2O/c16-15(17,18)12-5-3-10(4-6-12)14(21)13(8-19)11-2-1-7-20-9-11/h1-7,9,13-14,21H,8,19H2. The highest BCUT2D eigenvalue weighted by Gasteiger charge is 2.30. The van der Waals surface area contributed by atoms with Crippen molar-refractivity contribution in [1.29, 1.82) is 0 Å². The molecule has 112 valence electrons. The highest BCUT2D eigenvalue weighted by Crippen LogP contribution is 2.33. The van der Waals surface area contributed by atoms with E-state index in [1.165, 1.54) is 12.1 Å². The monoisotopic (exact) mass is 296 g/mol. The Morgan fingerprint density at radius 2 is 1.76 bits per heavy atom. The van der Waals surface area contributed by atoms with E-state index in [9.17, 15) is 18.3 Å². The van der Waals surface area contributed by atoms with Crippen molar-refractivity contribution in [3.63, 3.8) is 0 Å². The van der Waals surface area contributed by atoms with E-state index in [0.29, 0.717) is 5.56 Å². The maximum absolute atomic E-state index is 12.5. The van der Waals surface area contributed by atoms with Crippen molar-refractivity contribution in [2.45, 2.75) is 18.2 Å². The summed E-state index contributed by atoms with van der Waals surface area (Å²) in [5, 5.41) is 10.3. The van der Waals surface area contributed by atoms with Gasteiger partial charge >= 0.3 is 6.18 Å². The van der Waals surface area contributed by atoms with Gasteiger partial charge in [-0.2, -0.15) is 13.2 Å². The molecule has 1 aromatic carbocycles. The number of aliphatic hydroxyl groups is 1. The van der Waals surface area contributed by atoms with Crippen molar-refractivity contribution in [3.05, 3.63) is 65.5 Å². The van der Waals surface area contributed by atoms with Gasteiger partial charge in [0.15, 0.2) is 0 Å². The van der Waals surface area contributed by atoms with E-state index < -0.39 is 23.8 Å². The summed E-state index contributed by atoms with van der Waals surface area (Å²) < 4.78 is 37.6. The first-order valence-electron chi connectivity index (χ1n) is 6.38. The number of nitrogens with two attached hydrogens (primary N) is 1. The quantitative estimate of drug-likeness (QED) is 0.912. The predicted molar refractivity (Wildman–Crippen MR) is 72.4 cm³/mol. The van der Waals surface area contributed by atoms with Crippen LogP contribution in [-0.2, 0) is 6.18 Å². The first-order chi connectivity index (χ1) is 9.93. The molecular formula is C15H15F3N2O. The molecule has 1 heterocycles. The second kappa shape index (κ2) is 6.24. The van der Waals surface area contributed by atoms with E-state index in [-0.39, 0.29) is 6.54 Å². The molecule has 6 heteroatoms. The van der Waals surface area contributed by atoms with Gasteiger partial charge in [-0.15, -0.1) is 0 Å². The number of alkyl halides is 3. The first kappa shape index (κ1) is 15.5. The van der Waals surface area contributed by atoms with Gasteiger partial charge < -0.3 is 10.8 Å². The van der Waals surface area contributed by atoms with Crippen LogP contribution >= 0.6 is 0 Å². The van der Waals surface area contributed by atoms with Crippen molar-refractivity contribution in [3.8, 4) is 0 Å². The number of pyridine rings is 1. The van der Waals surface area contributed by atoms with E-state index in [2.05, 4.69) is 4.98 Å². The second-order valence-corrected chi connectivity index (χ2v) is 4.69. The molecular weight excluding hydrogens is 281 g/mol. The Morgan fingerprint density at radius 3 is 2.24 bits per heavy atom. The molecule has 0 spiro atoms. The molecule has 3 nitrogen and oxygen atoms in total. The minimum Gasteiger partial charge on any atom is -0.388 e. The topological polar surface area (TPSA) is 59.1 Å². The summed E-state index contributed by atoms with van der Waals surface area (Å²) in [6, 6.07) is 7.94. The summed E-state index contributed by atoms with van der Waals surface area (Å²) in [6.07, 6.45) is -2.19. The number of benzene rings is 1. The smallest absolute Gasteiger partial charge is 0.388 e. The molecule has 0 radical (unpaired) electrons. The molecule has 2 rings (SSSR count). The molecule has 2 aromatic rings. The van der Waals surface area contributed by atoms with E-state index in [0.717, 1.165) is 17.7 Å². The highest BCUT2D eigenvalue weighted by atomic mass is 19.4. The number of hydrogen-bond donors (Lipinski definition) is 2. The third-order valence-electron chi connectivity index (χ3n) is 3.33. The molecule has 2 unspecified atom stereocenters. The van der Waals surface area contributed by atoms with Gasteiger partial charge in [0.05, 0.1) is 11.7 Å². The molecule has 0 fully saturated rings. The molecule has 0 saturated carbocycles. The van der Waals surface area contributed by atoms with Crippen molar-refractivity contribution >= 4 is 0 Å². The van der Waals surface area contributed by atoms with Gasteiger partial charge in [0.1, 0.15) is 0 Å². The van der Waals surface area contributed by atoms with Gasteiger partial charge in [-0.3, -0.25) is 4.98 Å². The third-order valence-corrected chi connectivity index (χ3v) is 3.33. The summed E-state index contributed by atoms with van der Waals surface area (Å²) in [4.78, 5) is 3.96. The van der Waals surface area contributed by atoms with Gasteiger partial charge in [-0.05, 0) is 29.3 Å². The van der Waals surface area contributed by atoms with Crippen LogP contribution in [0.25, 0.3) is 0 Å². The Balaban J connectivity index is 2.24. The Hall–Kier alpha value is -1.92. The molecule has 0 aliphatic heterocycles. The Kier molecular flexibility index (Phi) is 4.59. The number of nitrogens with zero attached hydrogens (tertiary/aromatic N) is 1. The van der Waals surface area contributed by atoms with Gasteiger partial charge in [-0.25, -0.2) is 0 Å². The van der Waals surface area contributed by atoms with Crippen molar-refractivity contribution < 1.29 is 18.3 Å². The van der Waals surface area contributed by atoms with Gasteiger partial charge in [0.2, 0.25) is 0 Å². The fourth-order valence-electron chi connectivity index (χ4n) is 2.14. The molecule has 0 aliphatic carbocycles. The maximum atomic E-state index is 12.5. The number of aliphatic hydroxyl groups excluding tert-OH is 1. The highest BCUT2D eigenvalue weighted by molar-refractivity contribution is 5.29. The van der Waals surface area contributed by atoms with E-state index in [1.807, 2.05) is 0 Å². The zero-order valence-corrected chi connectivity index (χ0v) is 11.1. The van der Waals surface area contributed by atoms with Crippen LogP contribution in [0.2, 0.25) is 0 Å². The fraction of sp³-hybridized carbons (Fsp3) is 0.267. The average Bonchev–Trinajstić information content (AvgIpc) is 2.48. The Morgan fingerprint density at radius 1 is 1.10 bits per heavy atom. The van der Waals surface area contributed by atoms with Crippen LogP contribution < -0.4 is 5.73 Å². The summed E-state index contributed by atoms with van der Waals surface area (Å²) in [5.41, 5.74) is 6.06. The summed E-state index contributed by atoms with van der Waals surface area (Å²) >= 11 is 0. The lowest BCUT2D eigenvalue weighted by molar-refractivity contribution is -0.137. The SMILES string of the molecule is NCC(c1cccnc1)C(O)c1ccc(C(F)(F)F)cc1. The zero-order chi connectivity index (χ0) is 15.5. The molecule has 3 N–H and O–H groups in total. The van der Waals surface area contributed by atoms with Crippen molar-refractivity contribution in [2.24, 2.45) is 5.73 Å². The maximum Gasteiger partial charge on any atom is 0.416 e. The van der Waals surface area contributed by atoms with Crippen LogP contribution in [0, 0.1) is 0 Å². The van der Waals surface area contributed by atoms with Crippen LogP contribution in [0.1, 0.15) is 28.7 Å². The average molecular weight is 296 g/mol. The number of halogens is 3. The summed E-state index contributed by atoms with van der Waals surface area (Å²) in [6.45, 7) is 0.161. The van der Waals surface area contributed by atoms with Crippen LogP contribution in [0.4, 0.5) is 13.2 Å². The van der Waals surface area contributed by atoms with Crippen LogP contribution in [0.15, 0.2) is 48.8 Å². The molecule has 1 aromatic heterocycles. The number of rotatable bonds is 4. The second-order valence-electron chi connectivity index (χ2n) is 4.69. The van der Waals surface area contributed by atoms with E-state index in [1.54, 1.807) is 24.5 Å². The van der Waals surface area contributed by atoms with Gasteiger partial charge in [-0.1, -0.05) is 18.2 Å². The summed E-state index contributed by atoms with van der Waals surface area (Å²) in [7, 11) is 0. The fourth-order valence-corrected chi connectivity index (χ4v) is 2.14. The predicted octanol–water partition coefficient (Wildman–Crippen LogP) is 2.88. The van der Waals surface area contributed by atoms with Crippen molar-refractivity contribution in [2.75, 3.05) is 6.54 Å². The minimum atomic E-state index is -4.39. The largest absolute Gasteiger partial charge is 0.416 e. The third kappa shape index (κ3) is 3.59. The molecule has 21 heavy (non-hydrogen) atoms. The number of aromatic nitrogens is 1. The zero-order valence-electron chi connectivity index (χ0n) is 11.1. The van der Waals surface area contributed by atoms with Crippen LogP contribution in [-0.4, -0.2) is 16.6 Å². The molecule has 0 amide bonds. The summed E-state index contributed by atoms with van der Waals surface area (Å²) in [5.74, 6) is -0.421. The molecule has 0 bridgehead atoms. The molecule has 0 aliphatic rings. The molecule has 2 atom stereocenters.